The van der Waals surface area contributed by atoms with Gasteiger partial charge in [-0.1, -0.05) is 392 Å². The van der Waals surface area contributed by atoms with Crippen LogP contribution in [0, 0.1) is 0 Å². The molecule has 0 aliphatic heterocycles. The molecule has 5 unspecified atom stereocenters. The van der Waals surface area contributed by atoms with Crippen molar-refractivity contribution < 1.29 is 99.6 Å². The topological polar surface area (TPSA) is 379 Å². The van der Waals surface area contributed by atoms with Crippen LogP contribution in [-0.2, 0) is 38.4 Å². The summed E-state index contributed by atoms with van der Waals surface area (Å²) in [6, 6.07) is 0. The molecule has 0 fully saturated rings. The summed E-state index contributed by atoms with van der Waals surface area (Å²) in [5.41, 5.74) is 0. The molecule has 0 heterocycles. The second-order valence-corrected chi connectivity index (χ2v) is 33.3. The Labute approximate surface area is 834 Å². The quantitative estimate of drug-likeness (QED) is 0.0116. The van der Waals surface area contributed by atoms with Crippen molar-refractivity contribution in [3.8, 4) is 0 Å². The Hall–Kier alpha value is -9.80. The van der Waals surface area contributed by atoms with Crippen LogP contribution < -0.4 is 0 Å². The third-order valence-corrected chi connectivity index (χ3v) is 19.9. The van der Waals surface area contributed by atoms with Crippen LogP contribution in [0.5, 0.6) is 0 Å². The SMILES string of the molecule is CCCCCC(=O)/C=C/C=C\C/C=C\C/C=C\CCCC(=O)O.CCCCCC(=O)CC/C=C\C/C=C\C/C=C\CCCC(=O)O.CCCCCC(O)/C=C/C=C\C/C=C\C/C=C\CC(=O)O.CCCCCC(O)/C=C/C=C\C/C=C\C=C\C(O)CCCC(=O)O.CCCCCC(O)CC/C=C\C/C=C\C/C=C\CCCC(=O)O.O=C(O)CCC/C=C\C/C=C\C/C=C\C=C\C(O)CCCCCO. The van der Waals surface area contributed by atoms with Gasteiger partial charge < -0.3 is 61.3 Å². The maximum absolute atomic E-state index is 11.5. The average Bonchev–Trinajstić information content (AvgIpc) is 1.06. The van der Waals surface area contributed by atoms with E-state index >= 15 is 0 Å². The molecule has 0 aliphatic rings. The van der Waals surface area contributed by atoms with E-state index in [1.165, 1.54) is 25.7 Å². The minimum Gasteiger partial charge on any atom is -0.481 e. The summed E-state index contributed by atoms with van der Waals surface area (Å²) in [4.78, 5) is 84.9. The minimum absolute atomic E-state index is 0.0825. The van der Waals surface area contributed by atoms with Crippen LogP contribution in [0.4, 0.5) is 0 Å². The zero-order chi connectivity index (χ0) is 103. The Morgan fingerprint density at radius 1 is 0.210 bits per heavy atom. The first-order valence-electron chi connectivity index (χ1n) is 51.7. The van der Waals surface area contributed by atoms with Gasteiger partial charge in [0, 0.05) is 58.0 Å². The highest BCUT2D eigenvalue weighted by molar-refractivity contribution is 5.89. The number of rotatable bonds is 85. The number of aliphatic hydroxyl groups is 6. The van der Waals surface area contributed by atoms with Crippen molar-refractivity contribution in [1.29, 1.82) is 0 Å². The second-order valence-electron chi connectivity index (χ2n) is 33.3. The molecular weight excluding hydrogens is 1740 g/mol. The summed E-state index contributed by atoms with van der Waals surface area (Å²) in [6.07, 6.45) is 130. The van der Waals surface area contributed by atoms with Gasteiger partial charge in [0.05, 0.1) is 36.9 Å². The predicted octanol–water partition coefficient (Wildman–Crippen LogP) is 29.2. The molecule has 0 aromatic rings. The number of carboxylic acid groups (broad SMARTS) is 6. The maximum Gasteiger partial charge on any atom is 0.307 e. The Bertz CT molecular complexity index is 3550. The van der Waals surface area contributed by atoms with Crippen molar-refractivity contribution in [2.24, 2.45) is 0 Å². The van der Waals surface area contributed by atoms with E-state index in [1.807, 2.05) is 140 Å². The average molecular weight is 1930 g/mol. The number of carbonyl (C=O) groups is 8. The van der Waals surface area contributed by atoms with Crippen LogP contribution in [0.15, 0.2) is 267 Å². The molecule has 12 N–H and O–H groups in total. The number of carboxylic acids is 6. The van der Waals surface area contributed by atoms with Gasteiger partial charge in [0.25, 0.3) is 0 Å². The standard InChI is InChI=1S/2C20H32O4.C20H34O3.C20H32O3.C20H30O3.C18H28O3/c1-2-3-9-13-18(21)14-10-7-5-4-6-8-11-15-19(22)16-12-17-20(23)24;21-18-14-10-12-16-19(22)15-11-8-6-4-2-1-3-5-7-9-13-17-20(23)24;3*1-2-3-13-16-19(21)17-14-11-9-7-5-4-6-8-10-12-15-18-20(22)23;1-2-3-11-14-17(19)15-12-9-7-5-4-6-8-10-13-16-18(20)21/h5-8,10-11,14-15,18-19,21-22H,2-4,9,12-13,16-17H2,1H3,(H,23,24);1-2,5-8,11,15,19,21-22H,3-4,9-10,12-14,16-18H2,(H,23,24);4-5,8-11,19,21H,2-3,6-7,12-18H2,1H3,(H,22,23);4-5,8-11H,2-3,6-7,12-18H2,1H3,(H,22,23);4-5,8-11,14,17H,2-3,6-7,12-13,15-16,18H2,1H3,(H,22,23);4,6-7,9-10,12-13,15,17,19H,2-3,5,8,11,14,16H2,1H3,(H,20,21)/b7-5-,8-6-,14-10+,15-11+;2-1-,7-5-,8-6-,15-11+;2*5-4-,10-8-,11-9-;5-4-,10-8-,11-9-,17-14+;6-4-,9-7-,13-10-,15-12+. The number of ketones is 2. The fourth-order valence-electron chi connectivity index (χ4n) is 11.9. The predicted molar refractivity (Wildman–Crippen MR) is 576 cm³/mol. The van der Waals surface area contributed by atoms with Crippen molar-refractivity contribution in [2.45, 2.75) is 418 Å². The normalized spacial score (nSPS) is 13.4. The molecule has 0 spiro atoms. The van der Waals surface area contributed by atoms with Crippen LogP contribution in [-0.4, -0.2) is 146 Å². The zero-order valence-corrected chi connectivity index (χ0v) is 85.5. The van der Waals surface area contributed by atoms with Crippen LogP contribution in [0.3, 0.4) is 0 Å². The fraction of sp³-hybridized carbons (Fsp3) is 0.559. The third kappa shape index (κ3) is 144. The molecule has 0 bridgehead atoms. The van der Waals surface area contributed by atoms with Crippen LogP contribution >= 0.6 is 0 Å². The first-order chi connectivity index (χ1) is 66.9. The van der Waals surface area contributed by atoms with Gasteiger partial charge in [0.15, 0.2) is 5.78 Å². The number of carbonyl (C=O) groups excluding carboxylic acids is 2. The van der Waals surface area contributed by atoms with E-state index in [1.54, 1.807) is 30.4 Å². The lowest BCUT2D eigenvalue weighted by atomic mass is 10.1. The number of aliphatic carboxylic acids is 6. The number of unbranched alkanes of at least 4 members (excludes halogenated alkanes) is 16. The monoisotopic (exact) mass is 1930 g/mol. The molecule has 138 heavy (non-hydrogen) atoms. The van der Waals surface area contributed by atoms with Crippen molar-refractivity contribution in [3.05, 3.63) is 267 Å². The number of hydrogen-bond acceptors (Lipinski definition) is 14. The van der Waals surface area contributed by atoms with Crippen molar-refractivity contribution in [3.63, 3.8) is 0 Å². The Kier molecular flexibility index (Phi) is 122. The molecule has 20 nitrogen and oxygen atoms in total. The van der Waals surface area contributed by atoms with Crippen molar-refractivity contribution in [2.75, 3.05) is 6.61 Å². The molecule has 20 heteroatoms. The van der Waals surface area contributed by atoms with Gasteiger partial charge in [-0.2, -0.15) is 0 Å². The molecule has 5 atom stereocenters. The van der Waals surface area contributed by atoms with Crippen molar-refractivity contribution >= 4 is 47.4 Å². The lowest BCUT2D eigenvalue weighted by Crippen LogP contribution is -2.05. The smallest absolute Gasteiger partial charge is 0.307 e. The molecule has 0 aromatic carbocycles. The number of hydrogen-bond donors (Lipinski definition) is 12. The van der Waals surface area contributed by atoms with Crippen LogP contribution in [0.1, 0.15) is 388 Å². The minimum atomic E-state index is -0.833. The Morgan fingerprint density at radius 2 is 0.471 bits per heavy atom. The summed E-state index contributed by atoms with van der Waals surface area (Å²) in [5.74, 6) is -3.98. The highest BCUT2D eigenvalue weighted by Gasteiger charge is 2.06. The lowest BCUT2D eigenvalue weighted by Gasteiger charge is -2.07. The van der Waals surface area contributed by atoms with Gasteiger partial charge in [-0.05, 0) is 205 Å². The maximum atomic E-state index is 11.5. The first-order valence-corrected chi connectivity index (χ1v) is 51.7. The van der Waals surface area contributed by atoms with E-state index < -0.39 is 48.0 Å². The Morgan fingerprint density at radius 3 is 0.797 bits per heavy atom. The van der Waals surface area contributed by atoms with Gasteiger partial charge in [0.2, 0.25) is 0 Å². The summed E-state index contributed by atoms with van der Waals surface area (Å²) >= 11 is 0. The second kappa shape index (κ2) is 121. The fourth-order valence-corrected chi connectivity index (χ4v) is 11.9. The van der Waals surface area contributed by atoms with E-state index in [9.17, 15) is 63.9 Å². The molecule has 0 saturated heterocycles. The molecule has 0 saturated carbocycles. The van der Waals surface area contributed by atoms with Gasteiger partial charge in [-0.3, -0.25) is 38.4 Å². The zero-order valence-electron chi connectivity index (χ0n) is 85.5. The highest BCUT2D eigenvalue weighted by Crippen LogP contribution is 2.14. The summed E-state index contributed by atoms with van der Waals surface area (Å²) in [7, 11) is 0. The van der Waals surface area contributed by atoms with Crippen molar-refractivity contribution in [1.82, 2.24) is 0 Å². The first kappa shape index (κ1) is 139. The molecule has 780 valence electrons. The molecule has 0 rings (SSSR count). The van der Waals surface area contributed by atoms with E-state index in [0.29, 0.717) is 57.1 Å². The van der Waals surface area contributed by atoms with Gasteiger partial charge >= 0.3 is 35.8 Å². The highest BCUT2D eigenvalue weighted by atomic mass is 16.4. The molecular formula is C118H188O20. The van der Waals surface area contributed by atoms with E-state index in [4.69, 9.17) is 35.7 Å². The largest absolute Gasteiger partial charge is 0.481 e. The van der Waals surface area contributed by atoms with Crippen LogP contribution in [0.2, 0.25) is 0 Å². The summed E-state index contributed by atoms with van der Waals surface area (Å²) < 4.78 is 0. The number of allylic oxidation sites excluding steroid dienone is 39. The summed E-state index contributed by atoms with van der Waals surface area (Å²) in [6.45, 7) is 11.0. The van der Waals surface area contributed by atoms with E-state index in [-0.39, 0.29) is 69.2 Å². The molecule has 0 radical (unpaired) electrons. The third-order valence-electron chi connectivity index (χ3n) is 19.9. The molecule has 0 amide bonds. The van der Waals surface area contributed by atoms with Gasteiger partial charge in [-0.25, -0.2) is 0 Å². The van der Waals surface area contributed by atoms with E-state index in [2.05, 4.69) is 132 Å². The van der Waals surface area contributed by atoms with E-state index in [0.717, 1.165) is 238 Å². The number of aliphatic hydroxyl groups excluding tert-OH is 6. The molecule has 0 aromatic heterocycles. The van der Waals surface area contributed by atoms with Gasteiger partial charge in [0.1, 0.15) is 5.78 Å². The summed E-state index contributed by atoms with van der Waals surface area (Å²) in [5, 5.41) is 108. The Balaban J connectivity index is -0.000000379. The van der Waals surface area contributed by atoms with Crippen LogP contribution in [0.25, 0.3) is 0 Å². The lowest BCUT2D eigenvalue weighted by molar-refractivity contribution is -0.138. The molecule has 0 aliphatic carbocycles. The number of Topliss-reactive ketones (excluding diaryl/α,β-unsaturated/α-hetero) is 1. The van der Waals surface area contributed by atoms with Gasteiger partial charge in [-0.15, -0.1) is 0 Å².